The van der Waals surface area contributed by atoms with Crippen molar-refractivity contribution in [3.63, 3.8) is 0 Å². The van der Waals surface area contributed by atoms with E-state index < -0.39 is 0 Å². The molecule has 1 nitrogen and oxygen atoms in total. The molecule has 2 rings (SSSR count). The van der Waals surface area contributed by atoms with Crippen LogP contribution >= 0.6 is 15.9 Å². The van der Waals surface area contributed by atoms with Crippen molar-refractivity contribution >= 4 is 15.9 Å². The highest BCUT2D eigenvalue weighted by molar-refractivity contribution is 9.10. The Hall–Kier alpha value is -0.410. The van der Waals surface area contributed by atoms with Gasteiger partial charge in [0.2, 0.25) is 0 Å². The largest absolute Gasteiger partial charge is 0.310 e. The lowest BCUT2D eigenvalue weighted by Crippen LogP contribution is -2.32. The Balaban J connectivity index is 2.23. The molecule has 1 aromatic rings. The van der Waals surface area contributed by atoms with Crippen molar-refractivity contribution in [2.75, 3.05) is 6.54 Å². The van der Waals surface area contributed by atoms with Gasteiger partial charge < -0.3 is 5.32 Å². The molecule has 1 aromatic carbocycles. The number of benzene rings is 1. The summed E-state index contributed by atoms with van der Waals surface area (Å²) < 4.78 is 14.4. The van der Waals surface area contributed by atoms with Crippen molar-refractivity contribution in [3.05, 3.63) is 34.1 Å². The molecule has 1 fully saturated rings. The van der Waals surface area contributed by atoms with Gasteiger partial charge in [0.15, 0.2) is 0 Å². The Bertz CT molecular complexity index is 435. The lowest BCUT2D eigenvalue weighted by molar-refractivity contribution is 0.210. The molecule has 1 saturated carbocycles. The van der Waals surface area contributed by atoms with Crippen LogP contribution in [0.1, 0.15) is 57.6 Å². The van der Waals surface area contributed by atoms with Gasteiger partial charge in [0.1, 0.15) is 5.82 Å². The molecule has 0 radical (unpaired) electrons. The molecule has 0 heterocycles. The van der Waals surface area contributed by atoms with Gasteiger partial charge in [-0.1, -0.05) is 45.2 Å². The van der Waals surface area contributed by atoms with E-state index in [9.17, 15) is 4.39 Å². The first kappa shape index (κ1) is 16.0. The van der Waals surface area contributed by atoms with Gasteiger partial charge in [0.25, 0.3) is 0 Å². The zero-order valence-electron chi connectivity index (χ0n) is 12.5. The van der Waals surface area contributed by atoms with Crippen LogP contribution < -0.4 is 5.32 Å². The quantitative estimate of drug-likeness (QED) is 0.750. The summed E-state index contributed by atoms with van der Waals surface area (Å²) in [7, 11) is 0. The Morgan fingerprint density at radius 2 is 2.15 bits per heavy atom. The van der Waals surface area contributed by atoms with Gasteiger partial charge in [-0.05, 0) is 58.8 Å². The van der Waals surface area contributed by atoms with Gasteiger partial charge in [-0.15, -0.1) is 0 Å². The average Bonchev–Trinajstić information content (AvgIpc) is 2.48. The normalized spacial score (nSPS) is 24.6. The summed E-state index contributed by atoms with van der Waals surface area (Å²) >= 11 is 3.43. The number of nitrogens with one attached hydrogen (secondary N) is 1. The van der Waals surface area contributed by atoms with Crippen molar-refractivity contribution < 1.29 is 4.39 Å². The highest BCUT2D eigenvalue weighted by Crippen LogP contribution is 2.40. The van der Waals surface area contributed by atoms with Crippen LogP contribution in [0.15, 0.2) is 22.7 Å². The van der Waals surface area contributed by atoms with Crippen LogP contribution in [0.2, 0.25) is 0 Å². The Labute approximate surface area is 130 Å². The van der Waals surface area contributed by atoms with Crippen molar-refractivity contribution in [2.45, 2.75) is 52.0 Å². The molecule has 1 aliphatic carbocycles. The lowest BCUT2D eigenvalue weighted by atomic mass is 9.75. The van der Waals surface area contributed by atoms with E-state index in [1.54, 1.807) is 0 Å². The molecular weight excluding hydrogens is 317 g/mol. The summed E-state index contributed by atoms with van der Waals surface area (Å²) in [4.78, 5) is 0. The molecule has 0 saturated heterocycles. The zero-order chi connectivity index (χ0) is 14.5. The van der Waals surface area contributed by atoms with Crippen LogP contribution in [0.25, 0.3) is 0 Å². The first-order valence-electron chi connectivity index (χ1n) is 7.84. The van der Waals surface area contributed by atoms with Crippen molar-refractivity contribution in [1.82, 2.24) is 5.32 Å². The fraction of sp³-hybridized carbons (Fsp3) is 0.647. The molecule has 3 atom stereocenters. The van der Waals surface area contributed by atoms with E-state index >= 15 is 0 Å². The standard InChI is InChI=1S/C17H25BrFN/c1-3-12-7-5-8-13(11-12)17(20-4-2)14-9-6-10-15(19)16(14)18/h6,9-10,12-13,17,20H,3-5,7-8,11H2,1-2H3. The minimum atomic E-state index is -0.159. The molecule has 3 heteroatoms. The van der Waals surface area contributed by atoms with Crippen molar-refractivity contribution in [2.24, 2.45) is 11.8 Å². The molecule has 112 valence electrons. The topological polar surface area (TPSA) is 12.0 Å². The molecule has 3 unspecified atom stereocenters. The first-order valence-corrected chi connectivity index (χ1v) is 8.63. The third kappa shape index (κ3) is 3.62. The predicted molar refractivity (Wildman–Crippen MR) is 86.3 cm³/mol. The van der Waals surface area contributed by atoms with Gasteiger partial charge in [-0.25, -0.2) is 4.39 Å². The minimum absolute atomic E-state index is 0.159. The molecular formula is C17H25BrFN. The third-order valence-corrected chi connectivity index (χ3v) is 5.45. The summed E-state index contributed by atoms with van der Waals surface area (Å²) in [6, 6.07) is 5.65. The second-order valence-corrected chi connectivity index (χ2v) is 6.67. The zero-order valence-corrected chi connectivity index (χ0v) is 14.0. The molecule has 0 spiro atoms. The third-order valence-electron chi connectivity index (χ3n) is 4.61. The minimum Gasteiger partial charge on any atom is -0.310 e. The number of hydrogen-bond acceptors (Lipinski definition) is 1. The van der Waals surface area contributed by atoms with Crippen LogP contribution in [0, 0.1) is 17.7 Å². The maximum absolute atomic E-state index is 13.8. The van der Waals surface area contributed by atoms with E-state index in [-0.39, 0.29) is 11.9 Å². The smallest absolute Gasteiger partial charge is 0.137 e. The molecule has 1 aliphatic rings. The van der Waals surface area contributed by atoms with Gasteiger partial charge in [0, 0.05) is 6.04 Å². The van der Waals surface area contributed by atoms with E-state index in [4.69, 9.17) is 0 Å². The summed E-state index contributed by atoms with van der Waals surface area (Å²) in [5.74, 6) is 1.29. The summed E-state index contributed by atoms with van der Waals surface area (Å²) in [5, 5.41) is 3.58. The summed E-state index contributed by atoms with van der Waals surface area (Å²) in [6.45, 7) is 5.33. The van der Waals surface area contributed by atoms with E-state index in [0.29, 0.717) is 10.4 Å². The van der Waals surface area contributed by atoms with Crippen LogP contribution in [0.4, 0.5) is 4.39 Å². The van der Waals surface area contributed by atoms with Crippen molar-refractivity contribution in [3.8, 4) is 0 Å². The molecule has 0 bridgehead atoms. The molecule has 0 aliphatic heterocycles. The summed E-state index contributed by atoms with van der Waals surface area (Å²) in [5.41, 5.74) is 1.08. The van der Waals surface area contributed by atoms with E-state index in [1.807, 2.05) is 6.07 Å². The Morgan fingerprint density at radius 1 is 1.35 bits per heavy atom. The number of hydrogen-bond donors (Lipinski definition) is 1. The second kappa shape index (κ2) is 7.56. The first-order chi connectivity index (χ1) is 9.67. The molecule has 0 aromatic heterocycles. The van der Waals surface area contributed by atoms with Gasteiger partial charge in [0.05, 0.1) is 4.47 Å². The van der Waals surface area contributed by atoms with Crippen molar-refractivity contribution in [1.29, 1.82) is 0 Å². The lowest BCUT2D eigenvalue weighted by Gasteiger charge is -2.35. The van der Waals surface area contributed by atoms with Crippen LogP contribution in [0.3, 0.4) is 0 Å². The maximum Gasteiger partial charge on any atom is 0.137 e. The average molecular weight is 342 g/mol. The van der Waals surface area contributed by atoms with E-state index in [2.05, 4.69) is 41.2 Å². The Kier molecular flexibility index (Phi) is 6.03. The number of rotatable bonds is 5. The SMILES string of the molecule is CCNC(c1cccc(F)c1Br)C1CCCC(CC)C1. The van der Waals surface area contributed by atoms with E-state index in [1.165, 1.54) is 38.2 Å². The highest BCUT2D eigenvalue weighted by atomic mass is 79.9. The van der Waals surface area contributed by atoms with Crippen LogP contribution in [0.5, 0.6) is 0 Å². The van der Waals surface area contributed by atoms with Crippen LogP contribution in [-0.2, 0) is 0 Å². The van der Waals surface area contributed by atoms with Gasteiger partial charge in [-0.2, -0.15) is 0 Å². The highest BCUT2D eigenvalue weighted by Gasteiger charge is 2.29. The van der Waals surface area contributed by atoms with Crippen LogP contribution in [-0.4, -0.2) is 6.54 Å². The maximum atomic E-state index is 13.8. The fourth-order valence-electron chi connectivity index (χ4n) is 3.52. The van der Waals surface area contributed by atoms with E-state index in [0.717, 1.165) is 18.0 Å². The van der Waals surface area contributed by atoms with Gasteiger partial charge in [-0.3, -0.25) is 0 Å². The Morgan fingerprint density at radius 3 is 2.85 bits per heavy atom. The molecule has 20 heavy (non-hydrogen) atoms. The molecule has 1 N–H and O–H groups in total. The second-order valence-electron chi connectivity index (χ2n) is 5.88. The fourth-order valence-corrected chi connectivity index (χ4v) is 4.03. The summed E-state index contributed by atoms with van der Waals surface area (Å²) in [6.07, 6.45) is 6.43. The monoisotopic (exact) mass is 341 g/mol. The molecule has 0 amide bonds. The predicted octanol–water partition coefficient (Wildman–Crippen LogP) is 5.46. The van der Waals surface area contributed by atoms with Gasteiger partial charge >= 0.3 is 0 Å². The number of halogens is 2.